The highest BCUT2D eigenvalue weighted by Gasteiger charge is 2.15. The first-order valence-corrected chi connectivity index (χ1v) is 5.66. The molecule has 0 aromatic rings. The number of rotatable bonds is 8. The third kappa shape index (κ3) is 7.10. The number of carbonyl (C=O) groups excluding carboxylic acids is 1. The lowest BCUT2D eigenvalue weighted by atomic mass is 10.2. The van der Waals surface area contributed by atoms with Crippen molar-refractivity contribution < 1.29 is 14.3 Å². The number of unbranched alkanes of at least 4 members (excludes halogenated alkanes) is 2. The van der Waals surface area contributed by atoms with Gasteiger partial charge < -0.3 is 9.47 Å². The zero-order valence-corrected chi connectivity index (χ0v) is 10.5. The molecule has 3 nitrogen and oxygen atoms in total. The number of hydrogen-bond acceptors (Lipinski definition) is 3. The van der Waals surface area contributed by atoms with Crippen molar-refractivity contribution in [2.24, 2.45) is 0 Å². The van der Waals surface area contributed by atoms with Gasteiger partial charge in [0.1, 0.15) is 0 Å². The van der Waals surface area contributed by atoms with E-state index in [1.54, 1.807) is 13.8 Å². The van der Waals surface area contributed by atoms with Crippen LogP contribution in [0.25, 0.3) is 0 Å². The van der Waals surface area contributed by atoms with Crippen LogP contribution in [0.5, 0.6) is 0 Å². The van der Waals surface area contributed by atoms with E-state index in [1.165, 1.54) is 0 Å². The van der Waals surface area contributed by atoms with Crippen molar-refractivity contribution in [1.82, 2.24) is 0 Å². The van der Waals surface area contributed by atoms with Gasteiger partial charge in [-0.25, -0.2) is 4.79 Å². The normalized spacial score (nSPS) is 11.7. The summed E-state index contributed by atoms with van der Waals surface area (Å²) < 4.78 is 10.5. The van der Waals surface area contributed by atoms with Gasteiger partial charge in [0.2, 0.25) is 6.29 Å². The monoisotopic (exact) mass is 226 g/mol. The van der Waals surface area contributed by atoms with Gasteiger partial charge in [-0.15, -0.1) is 0 Å². The van der Waals surface area contributed by atoms with Crippen LogP contribution < -0.4 is 0 Å². The fourth-order valence-electron chi connectivity index (χ4n) is 1.15. The lowest BCUT2D eigenvalue weighted by Crippen LogP contribution is -2.21. The second kappa shape index (κ2) is 7.97. The number of esters is 1. The summed E-state index contributed by atoms with van der Waals surface area (Å²) in [7, 11) is 0. The van der Waals surface area contributed by atoms with Gasteiger partial charge in [0.05, 0.1) is 5.76 Å². The molecule has 0 bridgehead atoms. The van der Waals surface area contributed by atoms with Crippen LogP contribution in [0.4, 0.5) is 0 Å². The molecule has 1 unspecified atom stereocenters. The Kier molecular flexibility index (Phi) is 7.34. The quantitative estimate of drug-likeness (QED) is 0.209. The van der Waals surface area contributed by atoms with E-state index in [9.17, 15) is 4.79 Å². The summed E-state index contributed by atoms with van der Waals surface area (Å²) >= 11 is 0. The van der Waals surface area contributed by atoms with E-state index in [0.29, 0.717) is 17.8 Å². The topological polar surface area (TPSA) is 35.5 Å². The van der Waals surface area contributed by atoms with Crippen molar-refractivity contribution in [2.45, 2.75) is 52.7 Å². The average Bonchev–Trinajstić information content (AvgIpc) is 2.16. The lowest BCUT2D eigenvalue weighted by Gasteiger charge is -2.19. The highest BCUT2D eigenvalue weighted by Crippen LogP contribution is 2.12. The van der Waals surface area contributed by atoms with E-state index >= 15 is 0 Å². The van der Waals surface area contributed by atoms with Crippen LogP contribution in [0.15, 0.2) is 24.5 Å². The van der Waals surface area contributed by atoms with Gasteiger partial charge >= 0.3 is 5.97 Å². The minimum atomic E-state index is -0.534. The summed E-state index contributed by atoms with van der Waals surface area (Å²) in [6.45, 7) is 12.6. The Balaban J connectivity index is 4.14. The minimum absolute atomic E-state index is 0.380. The highest BCUT2D eigenvalue weighted by molar-refractivity contribution is 5.87. The molecule has 0 amide bonds. The summed E-state index contributed by atoms with van der Waals surface area (Å²) in [4.78, 5) is 11.3. The van der Waals surface area contributed by atoms with Gasteiger partial charge in [-0.2, -0.15) is 0 Å². The molecule has 0 aromatic carbocycles. The third-order valence-electron chi connectivity index (χ3n) is 1.96. The zero-order valence-electron chi connectivity index (χ0n) is 10.5. The predicted molar refractivity (Wildman–Crippen MR) is 64.7 cm³/mol. The van der Waals surface area contributed by atoms with Gasteiger partial charge in [-0.05, 0) is 20.3 Å². The smallest absolute Gasteiger partial charge is 0.336 e. The van der Waals surface area contributed by atoms with Crippen LogP contribution in [0, 0.1) is 0 Å². The Bertz CT molecular complexity index is 256. The molecule has 0 rings (SSSR count). The Morgan fingerprint density at radius 3 is 2.25 bits per heavy atom. The molecule has 0 fully saturated rings. The van der Waals surface area contributed by atoms with Crippen molar-refractivity contribution >= 4 is 5.97 Å². The molecule has 92 valence electrons. The van der Waals surface area contributed by atoms with Crippen molar-refractivity contribution in [1.29, 1.82) is 0 Å². The zero-order chi connectivity index (χ0) is 12.6. The molecule has 3 heteroatoms. The second-order valence-corrected chi connectivity index (χ2v) is 3.93. The van der Waals surface area contributed by atoms with E-state index in [4.69, 9.17) is 9.47 Å². The molecule has 16 heavy (non-hydrogen) atoms. The van der Waals surface area contributed by atoms with Gasteiger partial charge in [0.15, 0.2) is 0 Å². The van der Waals surface area contributed by atoms with E-state index in [-0.39, 0.29) is 0 Å². The molecule has 0 aliphatic carbocycles. The van der Waals surface area contributed by atoms with E-state index in [2.05, 4.69) is 20.1 Å². The first-order valence-electron chi connectivity index (χ1n) is 5.66. The third-order valence-corrected chi connectivity index (χ3v) is 1.96. The average molecular weight is 226 g/mol. The van der Waals surface area contributed by atoms with E-state index < -0.39 is 12.3 Å². The molecule has 0 heterocycles. The molecule has 0 spiro atoms. The van der Waals surface area contributed by atoms with Crippen LogP contribution in [0.1, 0.15) is 46.5 Å². The van der Waals surface area contributed by atoms with Crippen molar-refractivity contribution in [3.8, 4) is 0 Å². The first kappa shape index (κ1) is 14.8. The predicted octanol–water partition coefficient (Wildman–Crippen LogP) is 3.56. The van der Waals surface area contributed by atoms with Crippen LogP contribution in [0.3, 0.4) is 0 Å². The summed E-state index contributed by atoms with van der Waals surface area (Å²) in [5.74, 6) is 0.138. The second-order valence-electron chi connectivity index (χ2n) is 3.93. The molecule has 0 radical (unpaired) electrons. The SMILES string of the molecule is C=C(C)OC(CCCCC)OC(=O)C(=C)C. The molecular weight excluding hydrogens is 204 g/mol. The molecule has 0 saturated heterocycles. The fraction of sp³-hybridized carbons (Fsp3) is 0.615. The molecule has 0 aliphatic rings. The van der Waals surface area contributed by atoms with E-state index in [0.717, 1.165) is 19.3 Å². The van der Waals surface area contributed by atoms with Crippen LogP contribution in [-0.4, -0.2) is 12.3 Å². The van der Waals surface area contributed by atoms with Gasteiger partial charge in [0, 0.05) is 12.0 Å². The van der Waals surface area contributed by atoms with Crippen molar-refractivity contribution in [3.63, 3.8) is 0 Å². The fourth-order valence-corrected chi connectivity index (χ4v) is 1.15. The van der Waals surface area contributed by atoms with Crippen LogP contribution in [-0.2, 0) is 14.3 Å². The molecule has 0 aliphatic heterocycles. The summed E-state index contributed by atoms with van der Waals surface area (Å²) in [5, 5.41) is 0. The first-order chi connectivity index (χ1) is 7.47. The Morgan fingerprint density at radius 2 is 1.81 bits per heavy atom. The maximum atomic E-state index is 11.3. The van der Waals surface area contributed by atoms with E-state index in [1.807, 2.05) is 0 Å². The number of hydrogen-bond donors (Lipinski definition) is 0. The minimum Gasteiger partial charge on any atom is -0.460 e. The Hall–Kier alpha value is -1.25. The largest absolute Gasteiger partial charge is 0.460 e. The molecule has 0 saturated carbocycles. The molecule has 0 aromatic heterocycles. The van der Waals surface area contributed by atoms with Gasteiger partial charge in [-0.1, -0.05) is 32.9 Å². The Morgan fingerprint density at radius 1 is 1.19 bits per heavy atom. The van der Waals surface area contributed by atoms with Crippen LogP contribution in [0.2, 0.25) is 0 Å². The van der Waals surface area contributed by atoms with Gasteiger partial charge in [0.25, 0.3) is 0 Å². The molecular formula is C13H22O3. The highest BCUT2D eigenvalue weighted by atomic mass is 16.7. The maximum Gasteiger partial charge on any atom is 0.336 e. The lowest BCUT2D eigenvalue weighted by molar-refractivity contribution is -0.167. The molecule has 1 atom stereocenters. The number of ether oxygens (including phenoxy) is 2. The van der Waals surface area contributed by atoms with Crippen molar-refractivity contribution in [2.75, 3.05) is 0 Å². The van der Waals surface area contributed by atoms with Crippen molar-refractivity contribution in [3.05, 3.63) is 24.5 Å². The summed E-state index contributed by atoms with van der Waals surface area (Å²) in [6, 6.07) is 0. The standard InChI is InChI=1S/C13H22O3/c1-6-7-8-9-12(15-11(4)5)16-13(14)10(2)3/h12H,2,4,6-9H2,1,3,5H3. The maximum absolute atomic E-state index is 11.3. The summed E-state index contributed by atoms with van der Waals surface area (Å²) in [5.41, 5.74) is 0.380. The number of allylic oxidation sites excluding steroid dienone is 1. The number of carbonyl (C=O) groups is 1. The van der Waals surface area contributed by atoms with Crippen LogP contribution >= 0.6 is 0 Å². The summed E-state index contributed by atoms with van der Waals surface area (Å²) in [6.07, 6.45) is 3.35. The Labute approximate surface area is 98.1 Å². The van der Waals surface area contributed by atoms with Gasteiger partial charge in [-0.3, -0.25) is 0 Å². The molecule has 0 N–H and O–H groups in total.